The lowest BCUT2D eigenvalue weighted by Crippen LogP contribution is -2.28. The molecule has 0 amide bonds. The van der Waals surface area contributed by atoms with E-state index in [1.165, 1.54) is 6.21 Å². The summed E-state index contributed by atoms with van der Waals surface area (Å²) in [5.41, 5.74) is -0.331. The maximum Gasteiger partial charge on any atom is 0.168 e. The van der Waals surface area contributed by atoms with Gasteiger partial charge in [0, 0.05) is 17.8 Å². The monoisotopic (exact) mass is 257 g/mol. The molecule has 1 aromatic rings. The van der Waals surface area contributed by atoms with E-state index >= 15 is 0 Å². The molecule has 18 heavy (non-hydrogen) atoms. The van der Waals surface area contributed by atoms with Gasteiger partial charge >= 0.3 is 0 Å². The molecular weight excluding hydrogens is 240 g/mol. The summed E-state index contributed by atoms with van der Waals surface area (Å²) in [4.78, 5) is 4.06. The van der Waals surface area contributed by atoms with E-state index in [1.807, 2.05) is 20.8 Å². The lowest BCUT2D eigenvalue weighted by atomic mass is 9.88. The quantitative estimate of drug-likeness (QED) is 0.817. The fourth-order valence-electron chi connectivity index (χ4n) is 1.40. The zero-order valence-corrected chi connectivity index (χ0v) is 10.6. The Balaban J connectivity index is 3.04. The first-order valence-corrected chi connectivity index (χ1v) is 5.57. The largest absolute Gasteiger partial charge is 0.504 e. The normalized spacial score (nSPS) is 14.1. The molecule has 100 valence electrons. The first-order valence-electron chi connectivity index (χ1n) is 5.57. The number of phenolic OH excluding ortho intramolecular Hbond substituents is 1. The van der Waals surface area contributed by atoms with Crippen molar-refractivity contribution in [2.75, 3.05) is 6.61 Å². The standard InChI is InChI=1S/C13H17F2NO2/c1-13(2,3)11(7-17)16-6-8-4-9(14)5-10(15)12(8)18/h4-6,11,17-18H,7H2,1-3H3/t11-/m1/s1. The van der Waals surface area contributed by atoms with Gasteiger partial charge in [0.15, 0.2) is 11.6 Å². The molecule has 0 heterocycles. The third kappa shape index (κ3) is 3.50. The highest BCUT2D eigenvalue weighted by Gasteiger charge is 2.22. The summed E-state index contributed by atoms with van der Waals surface area (Å²) in [6.45, 7) is 5.48. The zero-order valence-electron chi connectivity index (χ0n) is 10.6. The van der Waals surface area contributed by atoms with Crippen LogP contribution in [0.3, 0.4) is 0 Å². The molecule has 0 unspecified atom stereocenters. The van der Waals surface area contributed by atoms with Crippen LogP contribution in [0.4, 0.5) is 8.78 Å². The first kappa shape index (κ1) is 14.6. The van der Waals surface area contributed by atoms with Gasteiger partial charge in [0.25, 0.3) is 0 Å². The number of aliphatic imine (C=N–C) groups is 1. The molecule has 1 atom stereocenters. The van der Waals surface area contributed by atoms with Gasteiger partial charge in [-0.2, -0.15) is 0 Å². The molecule has 0 aliphatic carbocycles. The van der Waals surface area contributed by atoms with Crippen molar-refractivity contribution in [1.82, 2.24) is 0 Å². The maximum absolute atomic E-state index is 13.1. The van der Waals surface area contributed by atoms with E-state index in [0.717, 1.165) is 6.07 Å². The molecule has 5 heteroatoms. The van der Waals surface area contributed by atoms with Crippen LogP contribution in [0.15, 0.2) is 17.1 Å². The highest BCUT2D eigenvalue weighted by Crippen LogP contribution is 2.24. The van der Waals surface area contributed by atoms with Crippen molar-refractivity contribution in [3.63, 3.8) is 0 Å². The summed E-state index contributed by atoms with van der Waals surface area (Å²) in [7, 11) is 0. The predicted molar refractivity (Wildman–Crippen MR) is 65.9 cm³/mol. The van der Waals surface area contributed by atoms with Crippen LogP contribution in [0.1, 0.15) is 26.3 Å². The van der Waals surface area contributed by atoms with Crippen molar-refractivity contribution < 1.29 is 19.0 Å². The summed E-state index contributed by atoms with van der Waals surface area (Å²) < 4.78 is 26.1. The Morgan fingerprint density at radius 2 is 1.94 bits per heavy atom. The number of hydrogen-bond acceptors (Lipinski definition) is 3. The van der Waals surface area contributed by atoms with Crippen LogP contribution in [-0.2, 0) is 0 Å². The molecule has 0 saturated heterocycles. The molecule has 0 saturated carbocycles. The van der Waals surface area contributed by atoms with Crippen LogP contribution in [0.5, 0.6) is 5.75 Å². The Morgan fingerprint density at radius 3 is 2.44 bits per heavy atom. The topological polar surface area (TPSA) is 52.8 Å². The number of nitrogens with zero attached hydrogens (tertiary/aromatic N) is 1. The second-order valence-electron chi connectivity index (χ2n) is 5.17. The van der Waals surface area contributed by atoms with Crippen molar-refractivity contribution in [1.29, 1.82) is 0 Å². The smallest absolute Gasteiger partial charge is 0.168 e. The van der Waals surface area contributed by atoms with Gasteiger partial charge in [-0.1, -0.05) is 20.8 Å². The van der Waals surface area contributed by atoms with E-state index in [1.54, 1.807) is 0 Å². The lowest BCUT2D eigenvalue weighted by molar-refractivity contribution is 0.191. The Morgan fingerprint density at radius 1 is 1.33 bits per heavy atom. The number of aliphatic hydroxyl groups excluding tert-OH is 1. The van der Waals surface area contributed by atoms with Crippen LogP contribution in [0.25, 0.3) is 0 Å². The van der Waals surface area contributed by atoms with Crippen molar-refractivity contribution in [3.05, 3.63) is 29.3 Å². The molecule has 0 spiro atoms. The molecule has 0 bridgehead atoms. The Kier molecular flexibility index (Phi) is 4.40. The fourth-order valence-corrected chi connectivity index (χ4v) is 1.40. The van der Waals surface area contributed by atoms with Gasteiger partial charge in [-0.15, -0.1) is 0 Å². The summed E-state index contributed by atoms with van der Waals surface area (Å²) >= 11 is 0. The van der Waals surface area contributed by atoms with E-state index in [0.29, 0.717) is 6.07 Å². The predicted octanol–water partition coefficient (Wildman–Crippen LogP) is 2.50. The fraction of sp³-hybridized carbons (Fsp3) is 0.462. The van der Waals surface area contributed by atoms with E-state index in [2.05, 4.69) is 4.99 Å². The SMILES string of the molecule is CC(C)(C)[C@@H](CO)N=Cc1cc(F)cc(F)c1O. The van der Waals surface area contributed by atoms with Gasteiger partial charge < -0.3 is 10.2 Å². The van der Waals surface area contributed by atoms with E-state index in [-0.39, 0.29) is 17.6 Å². The van der Waals surface area contributed by atoms with Crippen molar-refractivity contribution in [3.8, 4) is 5.75 Å². The molecule has 0 fully saturated rings. The number of phenols is 1. The Labute approximate surface area is 105 Å². The highest BCUT2D eigenvalue weighted by molar-refractivity contribution is 5.83. The molecule has 0 radical (unpaired) electrons. The summed E-state index contributed by atoms with van der Waals surface area (Å²) in [6, 6.07) is 1.17. The van der Waals surface area contributed by atoms with Crippen molar-refractivity contribution >= 4 is 6.21 Å². The second-order valence-corrected chi connectivity index (χ2v) is 5.17. The Hall–Kier alpha value is -1.49. The van der Waals surface area contributed by atoms with E-state index < -0.39 is 23.4 Å². The number of rotatable bonds is 3. The second kappa shape index (κ2) is 5.44. The minimum Gasteiger partial charge on any atom is -0.504 e. The zero-order chi connectivity index (χ0) is 13.9. The molecule has 0 aliphatic heterocycles. The van der Waals surface area contributed by atoms with Crippen LogP contribution >= 0.6 is 0 Å². The van der Waals surface area contributed by atoms with Gasteiger partial charge in [0.05, 0.1) is 12.6 Å². The van der Waals surface area contributed by atoms with E-state index in [4.69, 9.17) is 0 Å². The van der Waals surface area contributed by atoms with Gasteiger partial charge in [0.1, 0.15) is 5.82 Å². The lowest BCUT2D eigenvalue weighted by Gasteiger charge is -2.25. The summed E-state index contributed by atoms with van der Waals surface area (Å²) in [6.07, 6.45) is 1.17. The average molecular weight is 257 g/mol. The molecule has 1 aromatic carbocycles. The summed E-state index contributed by atoms with van der Waals surface area (Å²) in [5, 5.41) is 18.6. The number of aliphatic hydroxyl groups is 1. The number of benzene rings is 1. The molecule has 2 N–H and O–H groups in total. The molecular formula is C13H17F2NO2. The van der Waals surface area contributed by atoms with Gasteiger partial charge in [-0.05, 0) is 11.5 Å². The average Bonchev–Trinajstić information content (AvgIpc) is 2.23. The first-order chi connectivity index (χ1) is 8.25. The number of halogens is 2. The number of aromatic hydroxyl groups is 1. The molecule has 0 aromatic heterocycles. The Bertz CT molecular complexity index is 453. The minimum atomic E-state index is -1.03. The minimum absolute atomic E-state index is 0.0461. The number of hydrogen-bond donors (Lipinski definition) is 2. The van der Waals surface area contributed by atoms with Gasteiger partial charge in [-0.3, -0.25) is 4.99 Å². The van der Waals surface area contributed by atoms with Gasteiger partial charge in [-0.25, -0.2) is 8.78 Å². The molecule has 1 rings (SSSR count). The van der Waals surface area contributed by atoms with Crippen LogP contribution in [0.2, 0.25) is 0 Å². The third-order valence-electron chi connectivity index (χ3n) is 2.62. The molecule has 3 nitrogen and oxygen atoms in total. The van der Waals surface area contributed by atoms with Crippen LogP contribution < -0.4 is 0 Å². The van der Waals surface area contributed by atoms with Crippen LogP contribution in [-0.4, -0.2) is 29.1 Å². The van der Waals surface area contributed by atoms with E-state index in [9.17, 15) is 19.0 Å². The summed E-state index contributed by atoms with van der Waals surface area (Å²) in [5.74, 6) is -2.47. The molecule has 0 aliphatic rings. The van der Waals surface area contributed by atoms with Crippen molar-refractivity contribution in [2.24, 2.45) is 10.4 Å². The van der Waals surface area contributed by atoms with Crippen molar-refractivity contribution in [2.45, 2.75) is 26.8 Å². The third-order valence-corrected chi connectivity index (χ3v) is 2.62. The van der Waals surface area contributed by atoms with Gasteiger partial charge in [0.2, 0.25) is 0 Å². The van der Waals surface area contributed by atoms with Crippen LogP contribution in [0, 0.1) is 17.0 Å². The highest BCUT2D eigenvalue weighted by atomic mass is 19.1. The maximum atomic E-state index is 13.1.